The molecule has 0 fully saturated rings. The van der Waals surface area contributed by atoms with Crippen molar-refractivity contribution >= 4 is 17.3 Å². The van der Waals surface area contributed by atoms with Crippen LogP contribution in [0, 0.1) is 20.0 Å². The van der Waals surface area contributed by atoms with Crippen molar-refractivity contribution in [2.75, 3.05) is 5.32 Å². The molecule has 0 heterocycles. The van der Waals surface area contributed by atoms with Gasteiger partial charge in [0.15, 0.2) is 0 Å². The second-order valence-electron chi connectivity index (χ2n) is 4.11. The van der Waals surface area contributed by atoms with Crippen LogP contribution in [-0.2, 0) is 31.3 Å². The van der Waals surface area contributed by atoms with E-state index >= 15 is 0 Å². The first kappa shape index (κ1) is 27.9. The van der Waals surface area contributed by atoms with Crippen molar-refractivity contribution in [1.29, 1.82) is 0 Å². The summed E-state index contributed by atoms with van der Waals surface area (Å²) in [7, 11) is 0. The average molecular weight is 394 g/mol. The van der Waals surface area contributed by atoms with E-state index in [0.29, 0.717) is 0 Å². The van der Waals surface area contributed by atoms with Crippen molar-refractivity contribution in [2.24, 2.45) is 0 Å². The van der Waals surface area contributed by atoms with E-state index in [1.165, 1.54) is 0 Å². The molecule has 0 spiro atoms. The first-order valence-electron chi connectivity index (χ1n) is 6.59. The largest absolute Gasteiger partial charge is 0 e. The molecule has 0 aliphatic rings. The summed E-state index contributed by atoms with van der Waals surface area (Å²) in [5.74, 6) is 0. The van der Waals surface area contributed by atoms with Gasteiger partial charge in [-0.1, -0.05) is 54.1 Å². The minimum atomic E-state index is 0. The number of hydrogen-bond donors (Lipinski definition) is 1. The van der Waals surface area contributed by atoms with Crippen LogP contribution < -0.4 is 5.32 Å². The quantitative estimate of drug-likeness (QED) is 0.435. The molecule has 1 atom stereocenters. The van der Waals surface area contributed by atoms with Gasteiger partial charge in [0.2, 0.25) is 0 Å². The van der Waals surface area contributed by atoms with Crippen LogP contribution in [0.1, 0.15) is 18.0 Å². The van der Waals surface area contributed by atoms with Crippen molar-refractivity contribution in [3.63, 3.8) is 0 Å². The van der Waals surface area contributed by atoms with E-state index in [1.807, 2.05) is 60.7 Å². The number of para-hydroxylation sites is 1. The van der Waals surface area contributed by atoms with Gasteiger partial charge >= 0.3 is 33.9 Å². The molecule has 128 valence electrons. The zero-order chi connectivity index (χ0) is 18.8. The van der Waals surface area contributed by atoms with Gasteiger partial charge in [0, 0.05) is 28.1 Å². The Morgan fingerprint density at radius 1 is 0.920 bits per heavy atom. The molecule has 2 rings (SSSR count). The molecule has 25 heavy (non-hydrogen) atoms. The van der Waals surface area contributed by atoms with Crippen LogP contribution in [0.25, 0.3) is 0 Å². The zero-order valence-electron chi connectivity index (χ0n) is 13.3. The van der Waals surface area contributed by atoms with Crippen molar-refractivity contribution in [1.82, 2.24) is 0 Å². The van der Waals surface area contributed by atoms with E-state index in [0.717, 1.165) is 22.7 Å². The van der Waals surface area contributed by atoms with Gasteiger partial charge in [-0.2, -0.15) is 0 Å². The Morgan fingerprint density at radius 2 is 1.40 bits per heavy atom. The van der Waals surface area contributed by atoms with Gasteiger partial charge in [-0.3, -0.25) is 0 Å². The maximum atomic E-state index is 7.50. The number of anilines is 1. The Hall–Kier alpha value is -1.98. The third-order valence-corrected chi connectivity index (χ3v) is 3.14. The zero-order valence-corrected chi connectivity index (χ0v) is 15.3. The molecule has 0 amide bonds. The molecule has 0 aliphatic carbocycles. The fourth-order valence-corrected chi connectivity index (χ4v) is 2.19. The summed E-state index contributed by atoms with van der Waals surface area (Å²) in [5, 5.41) is 4.27. The fourth-order valence-electron chi connectivity index (χ4n) is 1.92. The summed E-state index contributed by atoms with van der Waals surface area (Å²) in [6.45, 7) is 17.3. The van der Waals surface area contributed by atoms with E-state index in [-0.39, 0.29) is 23.4 Å². The van der Waals surface area contributed by atoms with Gasteiger partial charge in [-0.15, -0.1) is 6.58 Å². The van der Waals surface area contributed by atoms with Gasteiger partial charge in [0.05, 0.1) is 6.04 Å². The molecule has 0 radical (unpaired) electrons. The normalized spacial score (nSPS) is 8.76. The Morgan fingerprint density at radius 3 is 1.88 bits per heavy atom. The van der Waals surface area contributed by atoms with Crippen LogP contribution in [0.4, 0.5) is 5.69 Å². The summed E-state index contributed by atoms with van der Waals surface area (Å²) in [4.78, 5) is 0. The minimum Gasteiger partial charge on any atom is 0 e. The average Bonchev–Trinajstić information content (AvgIpc) is 2.68. The smallest absolute Gasteiger partial charge is 0 e. The number of hydrogen-bond acceptors (Lipinski definition) is 1. The molecule has 2 aromatic rings. The number of rotatable bonds is 5. The van der Waals surface area contributed by atoms with Gasteiger partial charge < -0.3 is 5.32 Å². The van der Waals surface area contributed by atoms with Crippen molar-refractivity contribution in [3.8, 4) is 0 Å². The first-order valence-corrected chi connectivity index (χ1v) is 6.97. The number of benzene rings is 2. The molecular weight excluding hydrogens is 378 g/mol. The second-order valence-corrected chi connectivity index (χ2v) is 4.52. The molecule has 0 saturated heterocycles. The molecule has 4 nitrogen and oxygen atoms in total. The van der Waals surface area contributed by atoms with Crippen LogP contribution in [0.15, 0.2) is 67.3 Å². The Labute approximate surface area is 164 Å². The molecule has 0 unspecified atom stereocenters. The first-order chi connectivity index (χ1) is 11.8. The number of nitrogens with one attached hydrogen (secondary N) is 1. The van der Waals surface area contributed by atoms with Gasteiger partial charge in [0.25, 0.3) is 0 Å². The molecule has 0 bridgehead atoms. The predicted octanol–water partition coefficient (Wildman–Crippen LogP) is 4.95. The van der Waals surface area contributed by atoms with Gasteiger partial charge in [-0.25, -0.2) is 0 Å². The Bertz CT molecular complexity index is 628. The summed E-state index contributed by atoms with van der Waals surface area (Å²) < 4.78 is 22.5. The van der Waals surface area contributed by atoms with Crippen LogP contribution in [-0.4, -0.2) is 0 Å². The Kier molecular flexibility index (Phi) is 22.4. The van der Waals surface area contributed by atoms with Crippen LogP contribution in [0.5, 0.6) is 0 Å². The second kappa shape index (κ2) is 20.1. The molecular formula is C19H16ClCrNO3. The molecule has 0 saturated carbocycles. The predicted molar refractivity (Wildman–Crippen MR) is 90.9 cm³/mol. The van der Waals surface area contributed by atoms with E-state index in [2.05, 4.69) is 31.8 Å². The standard InChI is InChI=1S/C16H16ClN.3CO.Cr/c1-2-8-16(14-11-6-7-12-15(14)17)18-13-9-4-3-5-10-13;3*1-2;/h2-7,9-12,16,18H,1,8H2;;;;/t16-;;;;/m0..../s1. The molecule has 0 aliphatic heterocycles. The summed E-state index contributed by atoms with van der Waals surface area (Å²) in [6, 6.07) is 18.2. The van der Waals surface area contributed by atoms with E-state index in [4.69, 9.17) is 25.6 Å². The molecule has 1 N–H and O–H groups in total. The monoisotopic (exact) mass is 393 g/mol. The fraction of sp³-hybridized carbons (Fsp3) is 0.105. The van der Waals surface area contributed by atoms with E-state index < -0.39 is 0 Å². The minimum absolute atomic E-state index is 0. The van der Waals surface area contributed by atoms with Crippen LogP contribution in [0.3, 0.4) is 0 Å². The summed E-state index contributed by atoms with van der Waals surface area (Å²) in [6.07, 6.45) is 2.74. The maximum Gasteiger partial charge on any atom is 0 e. The van der Waals surface area contributed by atoms with Crippen molar-refractivity contribution in [3.05, 3.63) is 97.8 Å². The third-order valence-electron chi connectivity index (χ3n) is 2.80. The molecule has 2 aromatic carbocycles. The molecule has 0 aromatic heterocycles. The maximum absolute atomic E-state index is 7.50. The van der Waals surface area contributed by atoms with Crippen molar-refractivity contribution < 1.29 is 31.3 Å². The van der Waals surface area contributed by atoms with Crippen LogP contribution in [0.2, 0.25) is 5.02 Å². The SMILES string of the molecule is C=CC[C@H](Nc1ccccc1)c1ccccc1Cl.[C-]#[O+].[C-]#[O+].[C-]#[O+].[Cr]. The third kappa shape index (κ3) is 11.2. The van der Waals surface area contributed by atoms with Crippen molar-refractivity contribution in [2.45, 2.75) is 12.5 Å². The van der Waals surface area contributed by atoms with E-state index in [9.17, 15) is 0 Å². The van der Waals surface area contributed by atoms with E-state index in [1.54, 1.807) is 0 Å². The van der Waals surface area contributed by atoms with Crippen LogP contribution >= 0.6 is 11.6 Å². The summed E-state index contributed by atoms with van der Waals surface area (Å²) in [5.41, 5.74) is 2.19. The number of halogens is 1. The molecule has 6 heteroatoms. The van der Waals surface area contributed by atoms with Gasteiger partial charge in [-0.05, 0) is 30.2 Å². The Balaban J connectivity index is -0.000000626. The summed E-state index contributed by atoms with van der Waals surface area (Å²) >= 11 is 6.25. The topological polar surface area (TPSA) is 71.7 Å². The van der Waals surface area contributed by atoms with Gasteiger partial charge in [0.1, 0.15) is 0 Å².